The first-order valence-electron chi connectivity index (χ1n) is 21.1. The summed E-state index contributed by atoms with van der Waals surface area (Å²) in [4.78, 5) is 5.67. The number of aromatic nitrogens is 1. The molecule has 5 nitrogen and oxygen atoms in total. The van der Waals surface area contributed by atoms with Gasteiger partial charge < -0.3 is 19.0 Å². The van der Waals surface area contributed by atoms with Crippen LogP contribution < -0.4 is 10.1 Å². The van der Waals surface area contributed by atoms with Crippen LogP contribution in [0.15, 0.2) is 203 Å². The van der Waals surface area contributed by atoms with Crippen LogP contribution in [-0.4, -0.2) is 16.4 Å². The number of para-hydroxylation sites is 3. The van der Waals surface area contributed by atoms with Crippen LogP contribution in [0, 0.1) is 0 Å². The van der Waals surface area contributed by atoms with Gasteiger partial charge in [-0.25, -0.2) is 0 Å². The second kappa shape index (κ2) is 12.9. The molecule has 0 spiro atoms. The first kappa shape index (κ1) is 34.3. The SMILES string of the molecule is CC12C=CC=C(C3=NC(c4ccc5ccccc5c4)NC(c4ccc5c(oc6ccccc65)c4-n4c5ccccc5c5cc6ccccc6cc54)=CC3)C1Oc1ccccc12. The molecule has 0 amide bonds. The molecule has 2 aromatic heterocycles. The number of hydrogen-bond donors (Lipinski definition) is 1. The second-order valence-electron chi connectivity index (χ2n) is 16.8. The lowest BCUT2D eigenvalue weighted by molar-refractivity contribution is 0.221. The predicted molar refractivity (Wildman–Crippen MR) is 251 cm³/mol. The molecule has 0 radical (unpaired) electrons. The van der Waals surface area contributed by atoms with E-state index in [0.717, 1.165) is 72.5 Å². The Labute approximate surface area is 352 Å². The molecule has 8 aromatic carbocycles. The van der Waals surface area contributed by atoms with Crippen LogP contribution in [0.5, 0.6) is 5.75 Å². The van der Waals surface area contributed by atoms with Crippen molar-refractivity contribution in [2.24, 2.45) is 4.99 Å². The van der Waals surface area contributed by atoms with Gasteiger partial charge in [0.25, 0.3) is 0 Å². The molecule has 5 heteroatoms. The fraction of sp³-hybridized carbons (Fsp3) is 0.0893. The normalized spacial score (nSPS) is 19.7. The van der Waals surface area contributed by atoms with E-state index in [2.05, 4.69) is 199 Å². The van der Waals surface area contributed by atoms with Gasteiger partial charge in [0.05, 0.1) is 22.1 Å². The first-order valence-corrected chi connectivity index (χ1v) is 21.1. The zero-order chi connectivity index (χ0) is 40.2. The molecule has 3 unspecified atom stereocenters. The topological polar surface area (TPSA) is 51.7 Å². The van der Waals surface area contributed by atoms with Gasteiger partial charge in [-0.2, -0.15) is 0 Å². The van der Waals surface area contributed by atoms with Crippen LogP contribution in [0.1, 0.15) is 36.2 Å². The zero-order valence-corrected chi connectivity index (χ0v) is 33.5. The van der Waals surface area contributed by atoms with E-state index < -0.39 is 6.17 Å². The largest absolute Gasteiger partial charge is 0.484 e. The molecule has 1 N–H and O–H groups in total. The number of ether oxygens (including phenoxy) is 1. The zero-order valence-electron chi connectivity index (χ0n) is 33.5. The van der Waals surface area contributed by atoms with Crippen molar-refractivity contribution in [2.75, 3.05) is 0 Å². The minimum absolute atomic E-state index is 0.198. The highest BCUT2D eigenvalue weighted by atomic mass is 16.5. The van der Waals surface area contributed by atoms with E-state index in [4.69, 9.17) is 14.1 Å². The van der Waals surface area contributed by atoms with Crippen molar-refractivity contribution in [1.29, 1.82) is 0 Å². The van der Waals surface area contributed by atoms with E-state index >= 15 is 0 Å². The van der Waals surface area contributed by atoms with E-state index in [-0.39, 0.29) is 11.5 Å². The molecule has 0 fully saturated rings. The molecule has 0 saturated heterocycles. The third-order valence-electron chi connectivity index (χ3n) is 13.3. The van der Waals surface area contributed by atoms with Crippen molar-refractivity contribution in [2.45, 2.75) is 31.0 Å². The van der Waals surface area contributed by atoms with E-state index in [0.29, 0.717) is 6.42 Å². The molecule has 2 aliphatic heterocycles. The number of aliphatic imine (C=N–C) groups is 1. The molecule has 13 rings (SSSR count). The molecule has 10 aromatic rings. The van der Waals surface area contributed by atoms with Crippen LogP contribution >= 0.6 is 0 Å². The molecule has 3 atom stereocenters. The van der Waals surface area contributed by atoms with Crippen molar-refractivity contribution >= 4 is 76.7 Å². The van der Waals surface area contributed by atoms with Crippen LogP contribution in [0.3, 0.4) is 0 Å². The van der Waals surface area contributed by atoms with Crippen molar-refractivity contribution in [3.8, 4) is 11.4 Å². The van der Waals surface area contributed by atoms with E-state index in [1.54, 1.807) is 0 Å². The van der Waals surface area contributed by atoms with Gasteiger partial charge in [-0.1, -0.05) is 140 Å². The maximum Gasteiger partial charge on any atom is 0.160 e. The highest BCUT2D eigenvalue weighted by Gasteiger charge is 2.47. The number of rotatable bonds is 4. The Morgan fingerprint density at radius 3 is 2.28 bits per heavy atom. The van der Waals surface area contributed by atoms with Gasteiger partial charge in [-0.05, 0) is 82.6 Å². The summed E-state index contributed by atoms with van der Waals surface area (Å²) >= 11 is 0. The Bertz CT molecular complexity index is 3620. The number of hydrogen-bond acceptors (Lipinski definition) is 4. The van der Waals surface area contributed by atoms with Gasteiger partial charge in [-0.15, -0.1) is 0 Å². The van der Waals surface area contributed by atoms with Crippen LogP contribution in [0.4, 0.5) is 0 Å². The third-order valence-corrected chi connectivity index (χ3v) is 13.3. The Hall–Kier alpha value is -7.63. The summed E-state index contributed by atoms with van der Waals surface area (Å²) in [7, 11) is 0. The summed E-state index contributed by atoms with van der Waals surface area (Å²) < 4.78 is 16.2. The van der Waals surface area contributed by atoms with Gasteiger partial charge in [0, 0.05) is 56.1 Å². The smallest absolute Gasteiger partial charge is 0.160 e. The van der Waals surface area contributed by atoms with Crippen LogP contribution in [-0.2, 0) is 5.41 Å². The van der Waals surface area contributed by atoms with E-state index in [1.165, 1.54) is 37.9 Å². The lowest BCUT2D eigenvalue weighted by Crippen LogP contribution is -2.39. The fourth-order valence-electron chi connectivity index (χ4n) is 10.3. The van der Waals surface area contributed by atoms with Crippen LogP contribution in [0.25, 0.3) is 76.7 Å². The standard InChI is InChI=1S/C56H39N3O2/c1-56-30-12-19-43(54(56)61-51-23-11-8-20-45(51)56)47-29-28-46(57-55(58-47)38-25-24-34-13-2-3-14-35(34)31-38)42-27-26-41-40-18-7-10-22-50(40)60-53(41)52(42)59-48-21-9-6-17-39(48)44-32-36-15-4-5-16-37(36)33-49(44)59/h2-28,30-33,54-55,57H,29H2,1H3. The van der Waals surface area contributed by atoms with Crippen molar-refractivity contribution < 1.29 is 9.15 Å². The summed E-state index contributed by atoms with van der Waals surface area (Å²) in [5, 5.41) is 13.4. The van der Waals surface area contributed by atoms with Crippen LogP contribution in [0.2, 0.25) is 0 Å². The van der Waals surface area contributed by atoms with Gasteiger partial charge in [0.2, 0.25) is 0 Å². The number of fused-ring (bicyclic) bond motifs is 11. The Morgan fingerprint density at radius 2 is 1.39 bits per heavy atom. The maximum absolute atomic E-state index is 6.98. The number of nitrogens with zero attached hydrogens (tertiary/aromatic N) is 2. The van der Waals surface area contributed by atoms with Gasteiger partial charge in [-0.3, -0.25) is 4.99 Å². The summed E-state index contributed by atoms with van der Waals surface area (Å²) in [6.45, 7) is 2.29. The summed E-state index contributed by atoms with van der Waals surface area (Å²) in [6, 6.07) is 58.6. The minimum atomic E-state index is -0.392. The van der Waals surface area contributed by atoms with Crippen molar-refractivity contribution in [1.82, 2.24) is 9.88 Å². The first-order chi connectivity index (χ1) is 30.1. The Balaban J connectivity index is 1.05. The molecular weight excluding hydrogens is 747 g/mol. The molecule has 4 heterocycles. The van der Waals surface area contributed by atoms with Gasteiger partial charge >= 0.3 is 0 Å². The van der Waals surface area contributed by atoms with Crippen molar-refractivity contribution in [3.05, 3.63) is 210 Å². The monoisotopic (exact) mass is 785 g/mol. The number of nitrogens with one attached hydrogen (secondary N) is 1. The highest BCUT2D eigenvalue weighted by Crippen LogP contribution is 2.49. The molecule has 290 valence electrons. The Kier molecular flexibility index (Phi) is 7.26. The molecule has 1 aliphatic carbocycles. The predicted octanol–water partition coefficient (Wildman–Crippen LogP) is 13.7. The summed E-state index contributed by atoms with van der Waals surface area (Å²) in [5.41, 5.74) is 11.1. The Morgan fingerprint density at radius 1 is 0.656 bits per heavy atom. The molecule has 0 saturated carbocycles. The number of benzene rings is 8. The molecule has 61 heavy (non-hydrogen) atoms. The van der Waals surface area contributed by atoms with Gasteiger partial charge in [0.15, 0.2) is 5.58 Å². The van der Waals surface area contributed by atoms with Gasteiger partial charge in [0.1, 0.15) is 23.6 Å². The maximum atomic E-state index is 6.98. The summed E-state index contributed by atoms with van der Waals surface area (Å²) in [6.07, 6.45) is 9.03. The highest BCUT2D eigenvalue weighted by molar-refractivity contribution is 6.16. The lowest BCUT2D eigenvalue weighted by Gasteiger charge is -2.32. The quantitative estimate of drug-likeness (QED) is 0.193. The molecular formula is C56H39N3O2. The lowest BCUT2D eigenvalue weighted by atomic mass is 9.72. The third kappa shape index (κ3) is 5.10. The number of allylic oxidation sites excluding steroid dienone is 3. The second-order valence-corrected chi connectivity index (χ2v) is 16.8. The average molecular weight is 786 g/mol. The van der Waals surface area contributed by atoms with E-state index in [9.17, 15) is 0 Å². The van der Waals surface area contributed by atoms with E-state index in [1.807, 2.05) is 6.07 Å². The minimum Gasteiger partial charge on any atom is -0.484 e. The van der Waals surface area contributed by atoms with Crippen molar-refractivity contribution in [3.63, 3.8) is 0 Å². The number of furan rings is 1. The summed E-state index contributed by atoms with van der Waals surface area (Å²) in [5.74, 6) is 0.935. The molecule has 3 aliphatic rings. The molecule has 0 bridgehead atoms. The average Bonchev–Trinajstić information content (AvgIpc) is 3.88. The fourth-order valence-corrected chi connectivity index (χ4v) is 10.3.